The van der Waals surface area contributed by atoms with Gasteiger partial charge in [-0.1, -0.05) is 12.1 Å². The first-order valence-corrected chi connectivity index (χ1v) is 8.44. The van der Waals surface area contributed by atoms with E-state index in [0.717, 1.165) is 11.3 Å². The van der Waals surface area contributed by atoms with Gasteiger partial charge in [0.25, 0.3) is 5.91 Å². The summed E-state index contributed by atoms with van der Waals surface area (Å²) in [4.78, 5) is 16.7. The smallest absolute Gasteiger partial charge is 0.255 e. The van der Waals surface area contributed by atoms with E-state index in [1.54, 1.807) is 12.1 Å². The van der Waals surface area contributed by atoms with E-state index in [-0.39, 0.29) is 12.5 Å². The van der Waals surface area contributed by atoms with Crippen molar-refractivity contribution in [1.82, 2.24) is 9.38 Å². The Morgan fingerprint density at radius 1 is 1.27 bits per heavy atom. The number of hydrogen-bond acceptors (Lipinski definition) is 5. The summed E-state index contributed by atoms with van der Waals surface area (Å²) in [6.45, 7) is 1.57. The van der Waals surface area contributed by atoms with Gasteiger partial charge >= 0.3 is 0 Å². The summed E-state index contributed by atoms with van der Waals surface area (Å²) >= 11 is 0. The first kappa shape index (κ1) is 16.6. The minimum Gasteiger partial charge on any atom is -0.487 e. The summed E-state index contributed by atoms with van der Waals surface area (Å²) in [5.41, 5.74) is 2.36. The Balaban J connectivity index is 1.38. The van der Waals surface area contributed by atoms with Crippen LogP contribution in [0.15, 0.2) is 54.9 Å². The molecular weight excluding hydrogens is 334 g/mol. The molecule has 134 valence electrons. The van der Waals surface area contributed by atoms with Crippen LogP contribution in [0, 0.1) is 0 Å². The fourth-order valence-electron chi connectivity index (χ4n) is 2.74. The summed E-state index contributed by atoms with van der Waals surface area (Å²) in [6.07, 6.45) is 3.30. The molecule has 4 rings (SSSR count). The number of rotatable bonds is 5. The number of amides is 1. The molecule has 1 aliphatic rings. The fraction of sp³-hybridized carbons (Fsp3) is 0.263. The molecule has 26 heavy (non-hydrogen) atoms. The predicted octanol–water partition coefficient (Wildman–Crippen LogP) is 2.27. The van der Waals surface area contributed by atoms with E-state index < -0.39 is 6.10 Å². The molecule has 0 radical (unpaired) electrons. The number of carbonyl (C=O) groups is 1. The van der Waals surface area contributed by atoms with Crippen LogP contribution in [0.4, 0.5) is 5.69 Å². The lowest BCUT2D eigenvalue weighted by Gasteiger charge is -2.22. The molecule has 1 aliphatic heterocycles. The zero-order valence-electron chi connectivity index (χ0n) is 14.1. The minimum absolute atomic E-state index is 0.220. The van der Waals surface area contributed by atoms with Crippen LogP contribution in [0.25, 0.3) is 5.65 Å². The van der Waals surface area contributed by atoms with Gasteiger partial charge in [-0.15, -0.1) is 0 Å². The van der Waals surface area contributed by atoms with Gasteiger partial charge in [0.1, 0.15) is 18.0 Å². The molecule has 0 bridgehead atoms. The first-order chi connectivity index (χ1) is 12.8. The van der Waals surface area contributed by atoms with E-state index in [9.17, 15) is 4.79 Å². The highest BCUT2D eigenvalue weighted by molar-refractivity contribution is 5.94. The van der Waals surface area contributed by atoms with Crippen molar-refractivity contribution in [2.45, 2.75) is 12.7 Å². The molecule has 7 heteroatoms. The largest absolute Gasteiger partial charge is 0.487 e. The van der Waals surface area contributed by atoms with E-state index >= 15 is 0 Å². The van der Waals surface area contributed by atoms with Crippen molar-refractivity contribution >= 4 is 17.2 Å². The summed E-state index contributed by atoms with van der Waals surface area (Å²) < 4.78 is 18.4. The molecule has 1 unspecified atom stereocenters. The number of pyridine rings is 1. The monoisotopic (exact) mass is 353 g/mol. The highest BCUT2D eigenvalue weighted by Gasteiger charge is 2.22. The van der Waals surface area contributed by atoms with E-state index in [2.05, 4.69) is 10.3 Å². The molecule has 1 atom stereocenters. The third-order valence-electron chi connectivity index (χ3n) is 4.01. The quantitative estimate of drug-likeness (QED) is 0.762. The average molecular weight is 353 g/mol. The summed E-state index contributed by atoms with van der Waals surface area (Å²) in [7, 11) is 0. The molecule has 2 aromatic heterocycles. The third-order valence-corrected chi connectivity index (χ3v) is 4.01. The van der Waals surface area contributed by atoms with Gasteiger partial charge in [-0.25, -0.2) is 4.98 Å². The maximum atomic E-state index is 12.2. The van der Waals surface area contributed by atoms with Crippen LogP contribution < -0.4 is 10.1 Å². The highest BCUT2D eigenvalue weighted by Crippen LogP contribution is 2.19. The second-order valence-corrected chi connectivity index (χ2v) is 5.94. The number of anilines is 1. The van der Waals surface area contributed by atoms with E-state index in [1.165, 1.54) is 0 Å². The molecule has 7 nitrogen and oxygen atoms in total. The Hall–Kier alpha value is -2.90. The van der Waals surface area contributed by atoms with Gasteiger partial charge < -0.3 is 23.9 Å². The molecule has 0 aliphatic carbocycles. The number of nitrogens with one attached hydrogen (secondary N) is 1. The SMILES string of the molecule is O=C(Nc1cccc(OCc2cn3ccccc3n2)c1)C1COCCO1. The van der Waals surface area contributed by atoms with Crippen molar-refractivity contribution in [3.05, 3.63) is 60.6 Å². The summed E-state index contributed by atoms with van der Waals surface area (Å²) in [5, 5.41) is 2.83. The van der Waals surface area contributed by atoms with Crippen molar-refractivity contribution < 1.29 is 19.0 Å². The maximum Gasteiger partial charge on any atom is 0.255 e. The molecule has 3 aromatic rings. The standard InChI is InChI=1S/C19H19N3O4/c23-19(17-13-24-8-9-25-17)21-14-4-3-5-16(10-14)26-12-15-11-22-7-2-1-6-18(22)20-15/h1-7,10-11,17H,8-9,12-13H2,(H,21,23). The van der Waals surface area contributed by atoms with Crippen molar-refractivity contribution in [1.29, 1.82) is 0 Å². The van der Waals surface area contributed by atoms with Crippen LogP contribution in [0.2, 0.25) is 0 Å². The normalized spacial score (nSPS) is 17.2. The van der Waals surface area contributed by atoms with Gasteiger partial charge in [0.05, 0.1) is 25.5 Å². The van der Waals surface area contributed by atoms with Crippen molar-refractivity contribution in [3.8, 4) is 5.75 Å². The Labute approximate surface area is 150 Å². The minimum atomic E-state index is -0.578. The van der Waals surface area contributed by atoms with Gasteiger partial charge in [0.15, 0.2) is 6.10 Å². The van der Waals surface area contributed by atoms with Crippen LogP contribution >= 0.6 is 0 Å². The zero-order valence-corrected chi connectivity index (χ0v) is 14.1. The van der Waals surface area contributed by atoms with Crippen LogP contribution in [0.3, 0.4) is 0 Å². The number of nitrogens with zero attached hydrogens (tertiary/aromatic N) is 2. The van der Waals surface area contributed by atoms with Gasteiger partial charge in [0.2, 0.25) is 0 Å². The average Bonchev–Trinajstić information content (AvgIpc) is 3.10. The van der Waals surface area contributed by atoms with Crippen molar-refractivity contribution in [2.75, 3.05) is 25.1 Å². The lowest BCUT2D eigenvalue weighted by molar-refractivity contribution is -0.142. The van der Waals surface area contributed by atoms with E-state index in [4.69, 9.17) is 14.2 Å². The topological polar surface area (TPSA) is 74.1 Å². The first-order valence-electron chi connectivity index (χ1n) is 8.44. The Kier molecular flexibility index (Phi) is 4.81. The second-order valence-electron chi connectivity index (χ2n) is 5.94. The Morgan fingerprint density at radius 2 is 2.23 bits per heavy atom. The molecule has 1 aromatic carbocycles. The molecular formula is C19H19N3O4. The lowest BCUT2D eigenvalue weighted by atomic mass is 10.2. The lowest BCUT2D eigenvalue weighted by Crippen LogP contribution is -2.39. The number of aromatic nitrogens is 2. The number of hydrogen-bond donors (Lipinski definition) is 1. The Bertz CT molecular complexity index is 869. The van der Waals surface area contributed by atoms with Crippen molar-refractivity contribution in [2.24, 2.45) is 0 Å². The highest BCUT2D eigenvalue weighted by atomic mass is 16.6. The molecule has 1 N–H and O–H groups in total. The van der Waals surface area contributed by atoms with Gasteiger partial charge in [-0.3, -0.25) is 4.79 Å². The zero-order chi connectivity index (χ0) is 17.8. The number of ether oxygens (including phenoxy) is 3. The third kappa shape index (κ3) is 3.84. The molecule has 0 spiro atoms. The fourth-order valence-corrected chi connectivity index (χ4v) is 2.74. The van der Waals surface area contributed by atoms with Gasteiger partial charge in [-0.2, -0.15) is 0 Å². The molecule has 1 amide bonds. The summed E-state index contributed by atoms with van der Waals surface area (Å²) in [5.74, 6) is 0.433. The molecule has 3 heterocycles. The number of benzene rings is 1. The Morgan fingerprint density at radius 3 is 3.08 bits per heavy atom. The van der Waals surface area contributed by atoms with Crippen molar-refractivity contribution in [3.63, 3.8) is 0 Å². The second kappa shape index (κ2) is 7.55. The number of carbonyl (C=O) groups excluding carboxylic acids is 1. The maximum absolute atomic E-state index is 12.2. The van der Waals surface area contributed by atoms with E-state index in [1.807, 2.05) is 47.1 Å². The van der Waals surface area contributed by atoms with E-state index in [0.29, 0.717) is 31.3 Å². The molecule has 1 saturated heterocycles. The summed E-state index contributed by atoms with van der Waals surface area (Å²) in [6, 6.07) is 13.1. The number of fused-ring (bicyclic) bond motifs is 1. The van der Waals surface area contributed by atoms with Crippen LogP contribution in [0.5, 0.6) is 5.75 Å². The van der Waals surface area contributed by atoms with Gasteiger partial charge in [0, 0.05) is 24.1 Å². The molecule has 0 saturated carbocycles. The van der Waals surface area contributed by atoms with Gasteiger partial charge in [-0.05, 0) is 24.3 Å². The van der Waals surface area contributed by atoms with Crippen LogP contribution in [-0.2, 0) is 20.9 Å². The van der Waals surface area contributed by atoms with Crippen LogP contribution in [-0.4, -0.2) is 41.2 Å². The number of imidazole rings is 1. The predicted molar refractivity (Wildman–Crippen MR) is 95.2 cm³/mol. The van der Waals surface area contributed by atoms with Crippen LogP contribution in [0.1, 0.15) is 5.69 Å². The molecule has 1 fully saturated rings.